The Labute approximate surface area is 163 Å². The van der Waals surface area contributed by atoms with Crippen molar-refractivity contribution < 1.29 is 14.1 Å². The molecule has 0 spiro atoms. The van der Waals surface area contributed by atoms with Crippen molar-refractivity contribution in [3.8, 4) is 0 Å². The molecule has 0 radical (unpaired) electrons. The minimum absolute atomic E-state index is 0.132. The zero-order valence-electron chi connectivity index (χ0n) is 14.3. The number of benzene rings is 2. The van der Waals surface area contributed by atoms with Gasteiger partial charge >= 0.3 is 0 Å². The smallest absolute Gasteiger partial charge is 0.296 e. The Bertz CT molecular complexity index is 879. The third-order valence-electron chi connectivity index (χ3n) is 4.56. The molecule has 0 unspecified atom stereocenters. The summed E-state index contributed by atoms with van der Waals surface area (Å²) in [5.41, 5.74) is 6.02. The molecule has 2 aromatic rings. The molecule has 2 aromatic carbocycles. The van der Waals surface area contributed by atoms with Crippen molar-refractivity contribution in [3.63, 3.8) is 0 Å². The number of anilines is 3. The first-order chi connectivity index (χ1) is 12.9. The summed E-state index contributed by atoms with van der Waals surface area (Å²) in [6.07, 6.45) is 1.37. The number of halogens is 2. The molecule has 3 rings (SSSR count). The second kappa shape index (κ2) is 7.91. The van der Waals surface area contributed by atoms with E-state index in [-0.39, 0.29) is 27.7 Å². The normalized spacial score (nSPS) is 16.8. The molecule has 3 N–H and O–H groups in total. The number of nitrogens with zero attached hydrogens (tertiary/aromatic N) is 2. The number of hydrogen-bond acceptors (Lipinski definition) is 5. The van der Waals surface area contributed by atoms with Crippen LogP contribution in [0.2, 0.25) is 0 Å². The average Bonchev–Trinajstić information content (AvgIpc) is 2.65. The van der Waals surface area contributed by atoms with Gasteiger partial charge < -0.3 is 16.0 Å². The van der Waals surface area contributed by atoms with Crippen molar-refractivity contribution in [1.29, 1.82) is 0 Å². The van der Waals surface area contributed by atoms with E-state index in [1.807, 2.05) is 18.2 Å². The maximum atomic E-state index is 14.6. The number of nitro groups is 1. The number of piperidine rings is 1. The topological polar surface area (TPSA) is 102 Å². The van der Waals surface area contributed by atoms with E-state index in [9.17, 15) is 19.3 Å². The molecular formula is C18H18BrFN4O3. The van der Waals surface area contributed by atoms with Crippen LogP contribution in [-0.4, -0.2) is 23.9 Å². The molecule has 7 nitrogen and oxygen atoms in total. The van der Waals surface area contributed by atoms with Crippen LogP contribution < -0.4 is 16.0 Å². The molecule has 1 aliphatic heterocycles. The number of carbonyl (C=O) groups is 1. The summed E-state index contributed by atoms with van der Waals surface area (Å²) in [6.45, 7) is 0.827. The standard InChI is InChI=1S/C18H18BrFN4O3/c19-15-16(21)14(24(26)27)9-13(20)17(15)23-8-4-5-11(10-23)18(25)22-12-6-2-1-3-7-12/h1-3,6-7,9,11H,4-5,8,10,21H2,(H,22,25)/t11-/m0/s1. The Balaban J connectivity index is 1.81. The van der Waals surface area contributed by atoms with Crippen molar-refractivity contribution >= 4 is 44.6 Å². The largest absolute Gasteiger partial charge is 0.392 e. The van der Waals surface area contributed by atoms with E-state index >= 15 is 0 Å². The minimum atomic E-state index is -0.744. The lowest BCUT2D eigenvalue weighted by Crippen LogP contribution is -2.41. The first-order valence-electron chi connectivity index (χ1n) is 8.41. The Morgan fingerprint density at radius 3 is 2.74 bits per heavy atom. The van der Waals surface area contributed by atoms with Crippen molar-refractivity contribution in [1.82, 2.24) is 0 Å². The number of rotatable bonds is 4. The predicted octanol–water partition coefficient (Wildman–Crippen LogP) is 3.93. The van der Waals surface area contributed by atoms with E-state index in [2.05, 4.69) is 21.2 Å². The summed E-state index contributed by atoms with van der Waals surface area (Å²) in [7, 11) is 0. The lowest BCUT2D eigenvalue weighted by Gasteiger charge is -2.34. The predicted molar refractivity (Wildman–Crippen MR) is 105 cm³/mol. The monoisotopic (exact) mass is 436 g/mol. The van der Waals surface area contributed by atoms with Gasteiger partial charge in [0.2, 0.25) is 5.91 Å². The molecule has 0 aliphatic carbocycles. The van der Waals surface area contributed by atoms with Crippen LogP contribution in [0.1, 0.15) is 12.8 Å². The molecule has 0 bridgehead atoms. The SMILES string of the molecule is Nc1c([N+](=O)[O-])cc(F)c(N2CCC[C@H](C(=O)Nc3ccccc3)C2)c1Br. The zero-order chi connectivity index (χ0) is 19.6. The first-order valence-corrected chi connectivity index (χ1v) is 9.20. The van der Waals surface area contributed by atoms with Crippen LogP contribution in [0.4, 0.5) is 27.1 Å². The zero-order valence-corrected chi connectivity index (χ0v) is 15.9. The van der Waals surface area contributed by atoms with Gasteiger partial charge in [0.05, 0.1) is 27.1 Å². The summed E-state index contributed by atoms with van der Waals surface area (Å²) >= 11 is 3.18. The number of nitrogens with two attached hydrogens (primary N) is 1. The molecule has 1 heterocycles. The summed E-state index contributed by atoms with van der Waals surface area (Å²) < 4.78 is 14.7. The first kappa shape index (κ1) is 19.1. The van der Waals surface area contributed by atoms with Gasteiger partial charge in [0, 0.05) is 18.8 Å². The van der Waals surface area contributed by atoms with Crippen molar-refractivity contribution in [3.05, 3.63) is 56.8 Å². The second-order valence-electron chi connectivity index (χ2n) is 6.35. The fraction of sp³-hybridized carbons (Fsp3) is 0.278. The molecule has 1 saturated heterocycles. The van der Waals surface area contributed by atoms with Crippen LogP contribution in [0, 0.1) is 21.8 Å². The second-order valence-corrected chi connectivity index (χ2v) is 7.14. The fourth-order valence-electron chi connectivity index (χ4n) is 3.21. The highest BCUT2D eigenvalue weighted by molar-refractivity contribution is 9.10. The van der Waals surface area contributed by atoms with Gasteiger partial charge in [-0.2, -0.15) is 0 Å². The molecular weight excluding hydrogens is 419 g/mol. The van der Waals surface area contributed by atoms with E-state index in [1.165, 1.54) is 0 Å². The molecule has 1 atom stereocenters. The molecule has 1 aliphatic rings. The van der Waals surface area contributed by atoms with Gasteiger partial charge in [-0.1, -0.05) is 18.2 Å². The van der Waals surface area contributed by atoms with Crippen LogP contribution in [-0.2, 0) is 4.79 Å². The van der Waals surface area contributed by atoms with E-state index in [1.54, 1.807) is 17.0 Å². The van der Waals surface area contributed by atoms with Gasteiger partial charge in [-0.05, 0) is 40.9 Å². The molecule has 0 aromatic heterocycles. The Morgan fingerprint density at radius 2 is 2.07 bits per heavy atom. The van der Waals surface area contributed by atoms with Gasteiger partial charge in [-0.15, -0.1) is 0 Å². The molecule has 0 saturated carbocycles. The highest BCUT2D eigenvalue weighted by atomic mass is 79.9. The van der Waals surface area contributed by atoms with Crippen LogP contribution in [0.5, 0.6) is 0 Å². The maximum absolute atomic E-state index is 14.6. The highest BCUT2D eigenvalue weighted by Crippen LogP contribution is 2.41. The van der Waals surface area contributed by atoms with Gasteiger partial charge in [0.1, 0.15) is 5.69 Å². The number of nitro benzene ring substituents is 1. The molecule has 1 amide bonds. The lowest BCUT2D eigenvalue weighted by molar-refractivity contribution is -0.384. The molecule has 27 heavy (non-hydrogen) atoms. The lowest BCUT2D eigenvalue weighted by atomic mass is 9.96. The summed E-state index contributed by atoms with van der Waals surface area (Å²) in [4.78, 5) is 24.6. The Morgan fingerprint density at radius 1 is 1.37 bits per heavy atom. The van der Waals surface area contributed by atoms with Crippen molar-refractivity contribution in [2.75, 3.05) is 29.0 Å². The van der Waals surface area contributed by atoms with Gasteiger partial charge in [-0.25, -0.2) is 4.39 Å². The fourth-order valence-corrected chi connectivity index (χ4v) is 3.86. The van der Waals surface area contributed by atoms with E-state index in [0.29, 0.717) is 31.6 Å². The maximum Gasteiger partial charge on any atom is 0.296 e. The summed E-state index contributed by atoms with van der Waals surface area (Å²) in [5.74, 6) is -1.22. The third kappa shape index (κ3) is 4.02. The summed E-state index contributed by atoms with van der Waals surface area (Å²) in [6, 6.07) is 9.93. The van der Waals surface area contributed by atoms with Crippen LogP contribution in [0.25, 0.3) is 0 Å². The molecule has 142 valence electrons. The third-order valence-corrected chi connectivity index (χ3v) is 5.36. The van der Waals surface area contributed by atoms with Crippen molar-refractivity contribution in [2.24, 2.45) is 5.92 Å². The van der Waals surface area contributed by atoms with Gasteiger partial charge in [-0.3, -0.25) is 14.9 Å². The number of para-hydroxylation sites is 1. The van der Waals surface area contributed by atoms with E-state index in [4.69, 9.17) is 5.73 Å². The molecule has 9 heteroatoms. The Hall–Kier alpha value is -2.68. The Kier molecular flexibility index (Phi) is 5.59. The number of carbonyl (C=O) groups excluding carboxylic acids is 1. The minimum Gasteiger partial charge on any atom is -0.392 e. The number of nitrogen functional groups attached to an aromatic ring is 1. The van der Waals surface area contributed by atoms with Crippen molar-refractivity contribution in [2.45, 2.75) is 12.8 Å². The summed E-state index contributed by atoms with van der Waals surface area (Å²) in [5, 5.41) is 13.9. The van der Waals surface area contributed by atoms with Gasteiger partial charge in [0.15, 0.2) is 5.82 Å². The van der Waals surface area contributed by atoms with Crippen LogP contribution in [0.15, 0.2) is 40.9 Å². The van der Waals surface area contributed by atoms with Crippen LogP contribution in [0.3, 0.4) is 0 Å². The average molecular weight is 437 g/mol. The number of hydrogen-bond donors (Lipinski definition) is 2. The van der Waals surface area contributed by atoms with Crippen LogP contribution >= 0.6 is 15.9 Å². The number of nitrogens with one attached hydrogen (secondary N) is 1. The van der Waals surface area contributed by atoms with E-state index in [0.717, 1.165) is 6.07 Å². The van der Waals surface area contributed by atoms with E-state index < -0.39 is 16.4 Å². The quantitative estimate of drug-likeness (QED) is 0.429. The molecule has 1 fully saturated rings. The van der Waals surface area contributed by atoms with Gasteiger partial charge in [0.25, 0.3) is 5.69 Å². The highest BCUT2D eigenvalue weighted by Gasteiger charge is 2.31. The number of amides is 1.